The van der Waals surface area contributed by atoms with Crippen LogP contribution in [0.25, 0.3) is 22.3 Å². The van der Waals surface area contributed by atoms with E-state index in [4.69, 9.17) is 0 Å². The minimum absolute atomic E-state index is 0.00154. The molecule has 78 heavy (non-hydrogen) atoms. The molecule has 0 amide bonds. The van der Waals surface area contributed by atoms with Crippen molar-refractivity contribution >= 4 is 57.2 Å². The van der Waals surface area contributed by atoms with Gasteiger partial charge < -0.3 is 9.80 Å². The van der Waals surface area contributed by atoms with Crippen molar-refractivity contribution in [2.45, 2.75) is 136 Å². The Morgan fingerprint density at radius 3 is 1.45 bits per heavy atom. The van der Waals surface area contributed by atoms with Crippen LogP contribution in [0.15, 0.2) is 200 Å². The molecule has 0 bridgehead atoms. The fourth-order valence-corrected chi connectivity index (χ4v) is 13.5. The lowest BCUT2D eigenvalue weighted by atomic mass is 9.33. The zero-order valence-corrected chi connectivity index (χ0v) is 48.5. The molecule has 0 saturated heterocycles. The molecule has 0 saturated carbocycles. The maximum absolute atomic E-state index is 2.74. The predicted octanol–water partition coefficient (Wildman–Crippen LogP) is 18.5. The van der Waals surface area contributed by atoms with Crippen molar-refractivity contribution in [1.29, 1.82) is 0 Å². The number of hydrogen-bond donors (Lipinski definition) is 0. The Kier molecular flexibility index (Phi) is 12.3. The van der Waals surface area contributed by atoms with Gasteiger partial charge in [-0.3, -0.25) is 0 Å². The van der Waals surface area contributed by atoms with Crippen molar-refractivity contribution in [3.8, 4) is 22.3 Å². The third-order valence-corrected chi connectivity index (χ3v) is 18.6. The molecule has 0 fully saturated rings. The quantitative estimate of drug-likeness (QED) is 0.133. The van der Waals surface area contributed by atoms with Crippen LogP contribution in [0.3, 0.4) is 0 Å². The lowest BCUT2D eigenvalue weighted by Crippen LogP contribution is -2.62. The average Bonchev–Trinajstić information content (AvgIpc) is 3.03. The van der Waals surface area contributed by atoms with E-state index in [1.165, 1.54) is 117 Å². The fourth-order valence-electron chi connectivity index (χ4n) is 13.5. The summed E-state index contributed by atoms with van der Waals surface area (Å²) in [6.07, 6.45) is 2.28. The van der Waals surface area contributed by atoms with Gasteiger partial charge in [0, 0.05) is 44.8 Å². The Balaban J connectivity index is 1.23. The molecule has 12 rings (SSSR count). The maximum atomic E-state index is 2.74. The van der Waals surface area contributed by atoms with Crippen LogP contribution in [-0.4, -0.2) is 6.71 Å². The molecule has 2 nitrogen and oxygen atoms in total. The van der Waals surface area contributed by atoms with Gasteiger partial charge in [-0.25, -0.2) is 0 Å². The van der Waals surface area contributed by atoms with Gasteiger partial charge >= 0.3 is 0 Å². The van der Waals surface area contributed by atoms with E-state index in [1.54, 1.807) is 0 Å². The average molecular weight is 1020 g/mol. The summed E-state index contributed by atoms with van der Waals surface area (Å²) in [6, 6.07) is 77.1. The molecule has 3 heteroatoms. The van der Waals surface area contributed by atoms with Gasteiger partial charge in [-0.1, -0.05) is 242 Å². The first-order valence-corrected chi connectivity index (χ1v) is 28.8. The van der Waals surface area contributed by atoms with E-state index >= 15 is 0 Å². The first-order chi connectivity index (χ1) is 37.1. The Labute approximate surface area is 467 Å². The zero-order valence-electron chi connectivity index (χ0n) is 48.5. The highest BCUT2D eigenvalue weighted by Crippen LogP contribution is 2.54. The summed E-state index contributed by atoms with van der Waals surface area (Å²) in [7, 11) is 0. The third-order valence-electron chi connectivity index (χ3n) is 18.6. The highest BCUT2D eigenvalue weighted by molar-refractivity contribution is 7.00. The Bertz CT molecular complexity index is 3750. The number of rotatable bonds is 9. The summed E-state index contributed by atoms with van der Waals surface area (Å²) in [5.41, 5.74) is 26.6. The van der Waals surface area contributed by atoms with Crippen molar-refractivity contribution < 1.29 is 0 Å². The van der Waals surface area contributed by atoms with Gasteiger partial charge in [0.05, 0.1) is 5.69 Å². The van der Waals surface area contributed by atoms with E-state index in [1.807, 2.05) is 0 Å². The topological polar surface area (TPSA) is 6.48 Å². The molecule has 0 N–H and O–H groups in total. The molecule has 2 heterocycles. The number of hydrogen-bond acceptors (Lipinski definition) is 2. The van der Waals surface area contributed by atoms with Crippen molar-refractivity contribution in [2.75, 3.05) is 9.80 Å². The smallest absolute Gasteiger partial charge is 0.252 e. The summed E-state index contributed by atoms with van der Waals surface area (Å²) in [4.78, 5) is 5.40. The summed E-state index contributed by atoms with van der Waals surface area (Å²) in [6.45, 7) is 31.3. The number of benzene rings is 9. The molecule has 9 aromatic carbocycles. The molecule has 390 valence electrons. The third kappa shape index (κ3) is 8.46. The highest BCUT2D eigenvalue weighted by Gasteiger charge is 2.48. The zero-order chi connectivity index (χ0) is 54.7. The second kappa shape index (κ2) is 18.7. The summed E-state index contributed by atoms with van der Waals surface area (Å²) in [5.74, 6) is 0.253. The van der Waals surface area contributed by atoms with Crippen LogP contribution in [0.5, 0.6) is 0 Å². The van der Waals surface area contributed by atoms with Gasteiger partial charge in [0.2, 0.25) is 0 Å². The van der Waals surface area contributed by atoms with Gasteiger partial charge in [0.15, 0.2) is 0 Å². The molecule has 1 aliphatic carbocycles. The molecule has 3 aliphatic rings. The van der Waals surface area contributed by atoms with E-state index in [9.17, 15) is 0 Å². The Morgan fingerprint density at radius 2 is 0.897 bits per heavy atom. The van der Waals surface area contributed by atoms with Gasteiger partial charge in [0.1, 0.15) is 0 Å². The molecule has 9 aromatic rings. The van der Waals surface area contributed by atoms with E-state index in [-0.39, 0.29) is 39.7 Å². The van der Waals surface area contributed by atoms with Gasteiger partial charge in [0.25, 0.3) is 6.71 Å². The molecular weight excluding hydrogens is 940 g/mol. The van der Waals surface area contributed by atoms with Crippen LogP contribution in [-0.2, 0) is 27.1 Å². The van der Waals surface area contributed by atoms with Crippen LogP contribution >= 0.6 is 0 Å². The lowest BCUT2D eigenvalue weighted by molar-refractivity contribution is 0.332. The van der Waals surface area contributed by atoms with Crippen LogP contribution in [0, 0.1) is 0 Å². The van der Waals surface area contributed by atoms with Crippen molar-refractivity contribution in [2.24, 2.45) is 0 Å². The summed E-state index contributed by atoms with van der Waals surface area (Å²) >= 11 is 0. The predicted molar refractivity (Wildman–Crippen MR) is 337 cm³/mol. The molecule has 2 aliphatic heterocycles. The molecule has 0 aromatic heterocycles. The fraction of sp³-hybridized carbons (Fsp3) is 0.280. The van der Waals surface area contributed by atoms with Crippen molar-refractivity contribution in [1.82, 2.24) is 0 Å². The van der Waals surface area contributed by atoms with Crippen molar-refractivity contribution in [3.05, 3.63) is 245 Å². The number of anilines is 6. The summed E-state index contributed by atoms with van der Waals surface area (Å²) < 4.78 is 0. The SMILES string of the molecule is CC(C)c1cc2c3c(c1)N(c1cc(-c4ccccc4)c(C(C)(C)C)cc1-c1ccccc1)c1cc4c(cc1B3c1ccc(C(C)(C)c3ccccc3)cc1N2c1cccc(C(C)(C)c2ccccc2)c1)C(C)(C)CCC4(C)C. The van der Waals surface area contributed by atoms with Crippen LogP contribution in [0.4, 0.5) is 34.1 Å². The van der Waals surface area contributed by atoms with Gasteiger partial charge in [-0.15, -0.1) is 0 Å². The second-order valence-electron chi connectivity index (χ2n) is 26.7. The normalized spacial score (nSPS) is 15.4. The Hall–Kier alpha value is -7.36. The number of nitrogens with zero attached hydrogens (tertiary/aromatic N) is 2. The van der Waals surface area contributed by atoms with Crippen molar-refractivity contribution in [3.63, 3.8) is 0 Å². The first-order valence-electron chi connectivity index (χ1n) is 28.8. The standard InChI is InChI=1S/C75H77BN2/c1-49(2)52-41-68-70-69(42-52)78(65-46-58(50-27-18-14-19-28-50)60(71(3,4)5)45-59(65)51-29-20-15-21-30-51)67-48-62-61(72(6,7)39-40-73(62,8)9)47-64(67)76(70)63-38-37-56(75(12,13)54-33-24-17-25-34-54)44-66(63)77(68)57-36-26-35-55(43-57)74(10,11)53-31-22-16-23-32-53/h14-38,41-49H,39-40H2,1-13H3. The van der Waals surface area contributed by atoms with Crippen LogP contribution < -0.4 is 26.2 Å². The summed E-state index contributed by atoms with van der Waals surface area (Å²) in [5, 5.41) is 0. The van der Waals surface area contributed by atoms with E-state index in [0.717, 1.165) is 12.8 Å². The molecule has 0 spiro atoms. The van der Waals surface area contributed by atoms with E-state index < -0.39 is 0 Å². The van der Waals surface area contributed by atoms with E-state index in [0.29, 0.717) is 0 Å². The Morgan fingerprint density at radius 1 is 0.410 bits per heavy atom. The largest absolute Gasteiger partial charge is 0.311 e. The van der Waals surface area contributed by atoms with Gasteiger partial charge in [-0.05, 0) is 161 Å². The first kappa shape index (κ1) is 51.4. The molecule has 0 unspecified atom stereocenters. The monoisotopic (exact) mass is 1020 g/mol. The van der Waals surface area contributed by atoms with Gasteiger partial charge in [-0.2, -0.15) is 0 Å². The minimum Gasteiger partial charge on any atom is -0.311 e. The highest BCUT2D eigenvalue weighted by atomic mass is 15.2. The molecular formula is C75H77BN2. The van der Waals surface area contributed by atoms with E-state index in [2.05, 4.69) is 300 Å². The maximum Gasteiger partial charge on any atom is 0.252 e. The minimum atomic E-state index is -0.260. The number of fused-ring (bicyclic) bond motifs is 5. The van der Waals surface area contributed by atoms with Crippen LogP contribution in [0.1, 0.15) is 153 Å². The second-order valence-corrected chi connectivity index (χ2v) is 26.7. The molecule has 0 radical (unpaired) electrons. The lowest BCUT2D eigenvalue weighted by Gasteiger charge is -2.48. The van der Waals surface area contributed by atoms with Crippen LogP contribution in [0.2, 0.25) is 0 Å². The molecule has 0 atom stereocenters.